The quantitative estimate of drug-likeness (QED) is 0.171. The molecule has 0 aliphatic carbocycles. The second kappa shape index (κ2) is 10.4. The first-order valence-electron chi connectivity index (χ1n) is 17.3. The van der Waals surface area contributed by atoms with Crippen molar-refractivity contribution in [1.29, 1.82) is 0 Å². The molecule has 232 valence electrons. The summed E-state index contributed by atoms with van der Waals surface area (Å²) in [5.41, 5.74) is 9.59. The van der Waals surface area contributed by atoms with Crippen LogP contribution in [0.15, 0.2) is 182 Å². The van der Waals surface area contributed by atoms with E-state index in [1.54, 1.807) is 0 Å². The third-order valence-electron chi connectivity index (χ3n) is 10.7. The molecule has 9 aromatic carbocycles. The summed E-state index contributed by atoms with van der Waals surface area (Å²) in [5.74, 6) is 0. The minimum absolute atomic E-state index is 1.16. The molecule has 2 nitrogen and oxygen atoms in total. The van der Waals surface area contributed by atoms with Gasteiger partial charge >= 0.3 is 0 Å². The Balaban J connectivity index is 1.22. The Bertz CT molecular complexity index is 3090. The van der Waals surface area contributed by atoms with Crippen LogP contribution in [0.1, 0.15) is 0 Å². The molecule has 50 heavy (non-hydrogen) atoms. The van der Waals surface area contributed by atoms with Gasteiger partial charge in [-0.15, -0.1) is 0 Å². The third kappa shape index (κ3) is 3.85. The van der Waals surface area contributed by atoms with Crippen molar-refractivity contribution in [3.8, 4) is 22.5 Å². The van der Waals surface area contributed by atoms with Crippen LogP contribution in [-0.2, 0) is 0 Å². The lowest BCUT2D eigenvalue weighted by Crippen LogP contribution is -1.95. The first-order valence-corrected chi connectivity index (χ1v) is 17.3. The molecule has 0 N–H and O–H groups in total. The van der Waals surface area contributed by atoms with E-state index in [2.05, 4.69) is 191 Å². The van der Waals surface area contributed by atoms with Crippen molar-refractivity contribution in [1.82, 2.24) is 9.13 Å². The Morgan fingerprint density at radius 2 is 0.620 bits per heavy atom. The van der Waals surface area contributed by atoms with E-state index in [1.165, 1.54) is 92.7 Å². The molecular weight excluding hydrogens is 605 g/mol. The van der Waals surface area contributed by atoms with Gasteiger partial charge in [-0.1, -0.05) is 121 Å². The van der Waals surface area contributed by atoms with Gasteiger partial charge in [0.15, 0.2) is 0 Å². The fourth-order valence-electron chi connectivity index (χ4n) is 8.46. The van der Waals surface area contributed by atoms with Crippen molar-refractivity contribution in [2.24, 2.45) is 0 Å². The Morgan fingerprint density at radius 3 is 1.22 bits per heavy atom. The number of hydrogen-bond donors (Lipinski definition) is 0. The number of nitrogens with zero attached hydrogens (tertiary/aromatic N) is 2. The van der Waals surface area contributed by atoms with Crippen LogP contribution in [-0.4, -0.2) is 9.13 Å². The summed E-state index contributed by atoms with van der Waals surface area (Å²) in [6.45, 7) is 0. The van der Waals surface area contributed by atoms with E-state index in [0.717, 1.165) is 5.69 Å². The molecule has 0 fully saturated rings. The highest BCUT2D eigenvalue weighted by Crippen LogP contribution is 2.42. The fourth-order valence-corrected chi connectivity index (χ4v) is 8.46. The maximum absolute atomic E-state index is 2.43. The first kappa shape index (κ1) is 27.3. The molecule has 0 amide bonds. The molecule has 0 saturated carbocycles. The molecule has 0 atom stereocenters. The van der Waals surface area contributed by atoms with Gasteiger partial charge < -0.3 is 9.13 Å². The molecule has 11 rings (SSSR count). The Kier molecular flexibility index (Phi) is 5.70. The van der Waals surface area contributed by atoms with Gasteiger partial charge in [-0.25, -0.2) is 0 Å². The Labute approximate surface area is 288 Å². The third-order valence-corrected chi connectivity index (χ3v) is 10.7. The van der Waals surface area contributed by atoms with Crippen molar-refractivity contribution in [2.45, 2.75) is 0 Å². The second-order valence-corrected chi connectivity index (χ2v) is 13.3. The Hall–Kier alpha value is -6.64. The van der Waals surface area contributed by atoms with E-state index in [9.17, 15) is 0 Å². The van der Waals surface area contributed by atoms with Crippen molar-refractivity contribution >= 4 is 75.9 Å². The summed E-state index contributed by atoms with van der Waals surface area (Å²) in [4.78, 5) is 0. The lowest BCUT2D eigenvalue weighted by atomic mass is 9.92. The monoisotopic (exact) mass is 634 g/mol. The summed E-state index contributed by atoms with van der Waals surface area (Å²) in [7, 11) is 0. The molecule has 11 aromatic rings. The standard InChI is InChI=1S/C48H30N2/c1-3-13-33(14-4-1)49-45-22-12-11-21-40(45)43-29-44-42-28-32(24-26-46(42)50(48(44)30-47(43)49)34-15-5-2-6-16-34)31-23-25-39-37-19-8-7-17-35(37)36-18-9-10-20-38(36)41(39)27-31/h1-30H. The SMILES string of the molecule is c1ccc(-n2c3ccccc3c3cc4c5cc(-c6ccc7c8ccccc8c8ccccc8c7c6)ccc5n(-c5ccccc5)c4cc32)cc1. The summed E-state index contributed by atoms with van der Waals surface area (Å²) in [6.07, 6.45) is 0. The van der Waals surface area contributed by atoms with Gasteiger partial charge in [0.25, 0.3) is 0 Å². The van der Waals surface area contributed by atoms with Gasteiger partial charge in [0.1, 0.15) is 0 Å². The molecule has 0 unspecified atom stereocenters. The summed E-state index contributed by atoms with van der Waals surface area (Å²) >= 11 is 0. The largest absolute Gasteiger partial charge is 0.309 e. The van der Waals surface area contributed by atoms with Crippen LogP contribution >= 0.6 is 0 Å². The van der Waals surface area contributed by atoms with Crippen molar-refractivity contribution in [2.75, 3.05) is 0 Å². The molecule has 2 heteroatoms. The Morgan fingerprint density at radius 1 is 0.220 bits per heavy atom. The highest BCUT2D eigenvalue weighted by Gasteiger charge is 2.19. The number of benzene rings is 9. The molecule has 0 radical (unpaired) electrons. The molecule has 0 aliphatic heterocycles. The van der Waals surface area contributed by atoms with Crippen LogP contribution in [0, 0.1) is 0 Å². The molecule has 0 bridgehead atoms. The minimum Gasteiger partial charge on any atom is -0.309 e. The van der Waals surface area contributed by atoms with Crippen molar-refractivity contribution < 1.29 is 0 Å². The zero-order valence-electron chi connectivity index (χ0n) is 27.2. The predicted molar refractivity (Wildman–Crippen MR) is 213 cm³/mol. The van der Waals surface area contributed by atoms with E-state index in [-0.39, 0.29) is 0 Å². The lowest BCUT2D eigenvalue weighted by Gasteiger charge is -2.12. The van der Waals surface area contributed by atoms with Gasteiger partial charge in [0.2, 0.25) is 0 Å². The average molecular weight is 635 g/mol. The predicted octanol–water partition coefficient (Wildman–Crippen LogP) is 13.0. The van der Waals surface area contributed by atoms with Gasteiger partial charge in [0.05, 0.1) is 22.1 Å². The smallest absolute Gasteiger partial charge is 0.0562 e. The summed E-state index contributed by atoms with van der Waals surface area (Å²) < 4.78 is 4.84. The van der Waals surface area contributed by atoms with Crippen LogP contribution in [0.2, 0.25) is 0 Å². The minimum atomic E-state index is 1.16. The zero-order chi connectivity index (χ0) is 32.8. The number of aromatic nitrogens is 2. The number of rotatable bonds is 3. The summed E-state index contributed by atoms with van der Waals surface area (Å²) in [6, 6.07) is 66.8. The van der Waals surface area contributed by atoms with E-state index < -0.39 is 0 Å². The van der Waals surface area contributed by atoms with E-state index in [0.29, 0.717) is 0 Å². The molecule has 0 aliphatic rings. The summed E-state index contributed by atoms with van der Waals surface area (Å²) in [5, 5.41) is 12.8. The maximum atomic E-state index is 2.43. The average Bonchev–Trinajstić information content (AvgIpc) is 3.69. The maximum Gasteiger partial charge on any atom is 0.0562 e. The first-order chi connectivity index (χ1) is 24.8. The van der Waals surface area contributed by atoms with E-state index >= 15 is 0 Å². The molecule has 0 spiro atoms. The lowest BCUT2D eigenvalue weighted by molar-refractivity contribution is 1.16. The van der Waals surface area contributed by atoms with Crippen LogP contribution in [0.25, 0.3) is 98.4 Å². The highest BCUT2D eigenvalue weighted by atomic mass is 15.0. The normalized spacial score (nSPS) is 12.0. The number of para-hydroxylation sites is 3. The van der Waals surface area contributed by atoms with Gasteiger partial charge in [0, 0.05) is 32.9 Å². The number of hydrogen-bond acceptors (Lipinski definition) is 0. The van der Waals surface area contributed by atoms with Crippen LogP contribution < -0.4 is 0 Å². The van der Waals surface area contributed by atoms with Crippen LogP contribution in [0.3, 0.4) is 0 Å². The second-order valence-electron chi connectivity index (χ2n) is 13.3. The van der Waals surface area contributed by atoms with Gasteiger partial charge in [-0.3, -0.25) is 0 Å². The molecule has 2 heterocycles. The van der Waals surface area contributed by atoms with Gasteiger partial charge in [-0.2, -0.15) is 0 Å². The number of fused-ring (bicyclic) bond motifs is 12. The zero-order valence-corrected chi connectivity index (χ0v) is 27.2. The van der Waals surface area contributed by atoms with Crippen molar-refractivity contribution in [3.63, 3.8) is 0 Å². The van der Waals surface area contributed by atoms with E-state index in [4.69, 9.17) is 0 Å². The van der Waals surface area contributed by atoms with Crippen LogP contribution in [0.4, 0.5) is 0 Å². The molecular formula is C48H30N2. The van der Waals surface area contributed by atoms with Gasteiger partial charge in [-0.05, 0) is 104 Å². The topological polar surface area (TPSA) is 9.86 Å². The molecule has 2 aromatic heterocycles. The van der Waals surface area contributed by atoms with Crippen molar-refractivity contribution in [3.05, 3.63) is 182 Å². The molecule has 0 saturated heterocycles. The fraction of sp³-hybridized carbons (Fsp3) is 0. The van der Waals surface area contributed by atoms with E-state index in [1.807, 2.05) is 0 Å². The van der Waals surface area contributed by atoms with Crippen LogP contribution in [0.5, 0.6) is 0 Å². The highest BCUT2D eigenvalue weighted by molar-refractivity contribution is 6.26.